The van der Waals surface area contributed by atoms with Gasteiger partial charge in [-0.15, -0.1) is 0 Å². The van der Waals surface area contributed by atoms with E-state index in [0.29, 0.717) is 11.8 Å². The van der Waals surface area contributed by atoms with Crippen LogP contribution in [0.3, 0.4) is 0 Å². The number of aliphatic carboxylic acids is 1. The van der Waals surface area contributed by atoms with Gasteiger partial charge in [-0.1, -0.05) is 13.8 Å². The molecule has 0 spiro atoms. The van der Waals surface area contributed by atoms with Crippen molar-refractivity contribution in [1.29, 1.82) is 0 Å². The number of nitrogens with one attached hydrogen (secondary N) is 1. The van der Waals surface area contributed by atoms with E-state index in [0.717, 1.165) is 24.5 Å². The fraction of sp³-hybridized carbons (Fsp3) is 0.900. The summed E-state index contributed by atoms with van der Waals surface area (Å²) in [6.07, 6.45) is 1.03. The van der Waals surface area contributed by atoms with E-state index < -0.39 is 5.97 Å². The monoisotopic (exact) mass is 217 g/mol. The van der Waals surface area contributed by atoms with E-state index >= 15 is 0 Å². The third kappa shape index (κ3) is 3.50. The highest BCUT2D eigenvalue weighted by Gasteiger charge is 2.30. The first-order valence-corrected chi connectivity index (χ1v) is 6.30. The quantitative estimate of drug-likeness (QED) is 0.731. The summed E-state index contributed by atoms with van der Waals surface area (Å²) in [5.74, 6) is 2.22. The molecule has 0 aromatic rings. The molecular weight excluding hydrogens is 198 g/mol. The van der Waals surface area contributed by atoms with Crippen LogP contribution >= 0.6 is 11.8 Å². The lowest BCUT2D eigenvalue weighted by atomic mass is 9.99. The van der Waals surface area contributed by atoms with Gasteiger partial charge in [0.05, 0.1) is 0 Å². The Morgan fingerprint density at radius 3 is 2.79 bits per heavy atom. The number of rotatable bonds is 5. The number of hydrogen-bond donors (Lipinski definition) is 2. The molecule has 0 radical (unpaired) electrons. The van der Waals surface area contributed by atoms with Crippen molar-refractivity contribution in [2.75, 3.05) is 18.1 Å². The van der Waals surface area contributed by atoms with Gasteiger partial charge in [0.15, 0.2) is 0 Å². The lowest BCUT2D eigenvalue weighted by Crippen LogP contribution is -2.44. The second kappa shape index (κ2) is 5.61. The zero-order chi connectivity index (χ0) is 10.6. The number of hydrogen-bond acceptors (Lipinski definition) is 3. The van der Waals surface area contributed by atoms with E-state index in [1.54, 1.807) is 0 Å². The van der Waals surface area contributed by atoms with Gasteiger partial charge in [0.1, 0.15) is 6.04 Å². The van der Waals surface area contributed by atoms with Crippen molar-refractivity contribution in [3.8, 4) is 0 Å². The minimum Gasteiger partial charge on any atom is -0.480 e. The maximum atomic E-state index is 11.0. The van der Waals surface area contributed by atoms with Gasteiger partial charge in [0.25, 0.3) is 0 Å². The predicted molar refractivity (Wildman–Crippen MR) is 59.7 cm³/mol. The van der Waals surface area contributed by atoms with Crippen LogP contribution in [0.15, 0.2) is 0 Å². The van der Waals surface area contributed by atoms with Gasteiger partial charge in [0, 0.05) is 0 Å². The Hall–Kier alpha value is -0.220. The molecule has 14 heavy (non-hydrogen) atoms. The number of carbonyl (C=O) groups is 1. The van der Waals surface area contributed by atoms with Crippen molar-refractivity contribution in [3.05, 3.63) is 0 Å². The van der Waals surface area contributed by atoms with E-state index in [1.807, 2.05) is 11.8 Å². The SMILES string of the molecule is CC(C)CNC(C(=O)O)C1CCSC1. The van der Waals surface area contributed by atoms with Gasteiger partial charge < -0.3 is 10.4 Å². The molecule has 0 bridgehead atoms. The third-order valence-electron chi connectivity index (χ3n) is 2.45. The highest BCUT2D eigenvalue weighted by molar-refractivity contribution is 7.99. The van der Waals surface area contributed by atoms with Crippen molar-refractivity contribution >= 4 is 17.7 Å². The second-order valence-corrected chi connectivity index (χ2v) is 5.39. The van der Waals surface area contributed by atoms with Crippen molar-refractivity contribution in [2.45, 2.75) is 26.3 Å². The molecule has 4 heteroatoms. The zero-order valence-corrected chi connectivity index (χ0v) is 9.64. The molecule has 2 unspecified atom stereocenters. The van der Waals surface area contributed by atoms with Crippen molar-refractivity contribution in [2.24, 2.45) is 11.8 Å². The Labute approximate surface area is 89.6 Å². The molecule has 1 aliphatic heterocycles. The van der Waals surface area contributed by atoms with Gasteiger partial charge in [0.2, 0.25) is 0 Å². The first-order valence-electron chi connectivity index (χ1n) is 5.15. The van der Waals surface area contributed by atoms with Gasteiger partial charge in [-0.25, -0.2) is 0 Å². The maximum absolute atomic E-state index is 11.0. The highest BCUT2D eigenvalue weighted by Crippen LogP contribution is 2.26. The van der Waals surface area contributed by atoms with Crippen LogP contribution in [0.25, 0.3) is 0 Å². The first-order chi connectivity index (χ1) is 6.61. The normalized spacial score (nSPS) is 24.1. The summed E-state index contributed by atoms with van der Waals surface area (Å²) in [4.78, 5) is 11.0. The predicted octanol–water partition coefficient (Wildman–Crippen LogP) is 1.44. The minimum absolute atomic E-state index is 0.316. The van der Waals surface area contributed by atoms with Crippen molar-refractivity contribution in [3.63, 3.8) is 0 Å². The topological polar surface area (TPSA) is 49.3 Å². The third-order valence-corrected chi connectivity index (χ3v) is 3.64. The Bertz CT molecular complexity index is 191. The molecule has 1 rings (SSSR count). The standard InChI is InChI=1S/C10H19NO2S/c1-7(2)5-11-9(10(12)13)8-3-4-14-6-8/h7-9,11H,3-6H2,1-2H3,(H,12,13). The Kier molecular flexibility index (Phi) is 4.75. The molecule has 1 fully saturated rings. The fourth-order valence-electron chi connectivity index (χ4n) is 1.63. The van der Waals surface area contributed by atoms with Crippen LogP contribution in [-0.4, -0.2) is 35.2 Å². The summed E-state index contributed by atoms with van der Waals surface area (Å²) in [6.45, 7) is 4.97. The Balaban J connectivity index is 2.42. The molecule has 0 aromatic heterocycles. The van der Waals surface area contributed by atoms with Crippen LogP contribution in [0.5, 0.6) is 0 Å². The first kappa shape index (κ1) is 11.9. The fourth-order valence-corrected chi connectivity index (χ4v) is 2.93. The second-order valence-electron chi connectivity index (χ2n) is 4.24. The number of carboxylic acid groups (broad SMARTS) is 1. The molecule has 0 aliphatic carbocycles. The molecule has 2 atom stereocenters. The molecule has 3 nitrogen and oxygen atoms in total. The van der Waals surface area contributed by atoms with Crippen LogP contribution in [0.4, 0.5) is 0 Å². The summed E-state index contributed by atoms with van der Waals surface area (Å²) in [6, 6.07) is -0.340. The maximum Gasteiger partial charge on any atom is 0.321 e. The van der Waals surface area contributed by atoms with E-state index in [-0.39, 0.29) is 6.04 Å². The zero-order valence-electron chi connectivity index (χ0n) is 8.82. The molecule has 0 aromatic carbocycles. The average Bonchev–Trinajstić information content (AvgIpc) is 2.56. The molecule has 1 saturated heterocycles. The van der Waals surface area contributed by atoms with Crippen molar-refractivity contribution in [1.82, 2.24) is 5.32 Å². The van der Waals surface area contributed by atoms with E-state index in [9.17, 15) is 4.79 Å². The van der Waals surface area contributed by atoms with E-state index in [1.165, 1.54) is 0 Å². The summed E-state index contributed by atoms with van der Waals surface area (Å²) >= 11 is 1.86. The summed E-state index contributed by atoms with van der Waals surface area (Å²) < 4.78 is 0. The molecule has 2 N–H and O–H groups in total. The lowest BCUT2D eigenvalue weighted by Gasteiger charge is -2.21. The summed E-state index contributed by atoms with van der Waals surface area (Å²) in [5.41, 5.74) is 0. The van der Waals surface area contributed by atoms with Gasteiger partial charge in [-0.2, -0.15) is 11.8 Å². The van der Waals surface area contributed by atoms with Gasteiger partial charge in [-0.05, 0) is 36.3 Å². The van der Waals surface area contributed by atoms with Crippen LogP contribution < -0.4 is 5.32 Å². The molecule has 1 aliphatic rings. The molecular formula is C10H19NO2S. The van der Waals surface area contributed by atoms with Gasteiger partial charge in [-0.3, -0.25) is 4.79 Å². The van der Waals surface area contributed by atoms with E-state index in [2.05, 4.69) is 19.2 Å². The van der Waals surface area contributed by atoms with Crippen molar-refractivity contribution < 1.29 is 9.90 Å². The number of thioether (sulfide) groups is 1. The molecule has 0 saturated carbocycles. The Morgan fingerprint density at radius 2 is 2.36 bits per heavy atom. The molecule has 0 amide bonds. The lowest BCUT2D eigenvalue weighted by molar-refractivity contribution is -0.140. The van der Waals surface area contributed by atoms with Crippen LogP contribution in [-0.2, 0) is 4.79 Å². The highest BCUT2D eigenvalue weighted by atomic mass is 32.2. The van der Waals surface area contributed by atoms with Crippen LogP contribution in [0.2, 0.25) is 0 Å². The summed E-state index contributed by atoms with van der Waals surface area (Å²) in [7, 11) is 0. The molecule has 82 valence electrons. The smallest absolute Gasteiger partial charge is 0.321 e. The van der Waals surface area contributed by atoms with E-state index in [4.69, 9.17) is 5.11 Å². The molecule has 1 heterocycles. The van der Waals surface area contributed by atoms with Crippen LogP contribution in [0.1, 0.15) is 20.3 Å². The minimum atomic E-state index is -0.696. The average molecular weight is 217 g/mol. The Morgan fingerprint density at radius 1 is 1.64 bits per heavy atom. The largest absolute Gasteiger partial charge is 0.480 e. The summed E-state index contributed by atoms with van der Waals surface area (Å²) in [5, 5.41) is 12.2. The van der Waals surface area contributed by atoms with Crippen LogP contribution in [0, 0.1) is 11.8 Å². The number of carboxylic acids is 1. The van der Waals surface area contributed by atoms with Gasteiger partial charge >= 0.3 is 5.97 Å².